The Morgan fingerprint density at radius 3 is 1.76 bits per heavy atom. The Labute approximate surface area is 295 Å². The molecule has 0 spiro atoms. The monoisotopic (exact) mass is 693 g/mol. The molecule has 0 radical (unpaired) electrons. The maximum absolute atomic E-state index is 11.8. The third kappa shape index (κ3) is 9.58. The second-order valence-corrected chi connectivity index (χ2v) is 11.9. The number of carboxylic acid groups (broad SMARTS) is 1. The average Bonchev–Trinajstić information content (AvgIpc) is 3.65. The van der Waals surface area contributed by atoms with Crippen molar-refractivity contribution in [3.8, 4) is 5.69 Å². The van der Waals surface area contributed by atoms with E-state index in [1.54, 1.807) is 25.4 Å². The summed E-state index contributed by atoms with van der Waals surface area (Å²) in [6, 6.07) is 35.7. The van der Waals surface area contributed by atoms with E-state index in [0.717, 1.165) is 16.7 Å². The van der Waals surface area contributed by atoms with Gasteiger partial charge in [0.25, 0.3) is 5.78 Å². The molecule has 51 heavy (non-hydrogen) atoms. The minimum Gasteiger partial charge on any atom is -0.475 e. The smallest absolute Gasteiger partial charge is 0.377 e. The molecule has 0 aliphatic carbocycles. The zero-order chi connectivity index (χ0) is 35.4. The number of carbonyl (C=O) groups is 2. The Morgan fingerprint density at radius 1 is 0.706 bits per heavy atom. The van der Waals surface area contributed by atoms with Gasteiger partial charge in [0, 0.05) is 12.7 Å². The predicted octanol–water partition coefficient (Wildman–Crippen LogP) is 5.18. The Hall–Kier alpha value is -5.08. The molecule has 6 rings (SSSR count). The molecule has 1 fully saturated rings. The molecule has 2 heterocycles. The molecule has 0 saturated carbocycles. The molecule has 5 atom stereocenters. The van der Waals surface area contributed by atoms with Crippen LogP contribution in [0.3, 0.4) is 0 Å². The van der Waals surface area contributed by atoms with Crippen molar-refractivity contribution in [3.63, 3.8) is 0 Å². The van der Waals surface area contributed by atoms with E-state index in [1.807, 2.05) is 91.0 Å². The molecule has 12 heteroatoms. The molecular weight excluding hydrogens is 654 g/mol. The summed E-state index contributed by atoms with van der Waals surface area (Å²) in [4.78, 5) is 22.8. The number of hydrogen-bond acceptors (Lipinski definition) is 10. The highest BCUT2D eigenvalue weighted by Crippen LogP contribution is 2.31. The molecule has 0 bridgehead atoms. The van der Waals surface area contributed by atoms with Crippen LogP contribution >= 0.6 is 0 Å². The first-order valence-corrected chi connectivity index (χ1v) is 16.5. The summed E-state index contributed by atoms with van der Waals surface area (Å²) in [5, 5.41) is 17.3. The molecule has 1 saturated heterocycles. The highest BCUT2D eigenvalue weighted by atomic mass is 16.7. The number of rotatable bonds is 17. The van der Waals surface area contributed by atoms with Crippen molar-refractivity contribution >= 4 is 11.8 Å². The van der Waals surface area contributed by atoms with Gasteiger partial charge in [-0.05, 0) is 41.0 Å². The van der Waals surface area contributed by atoms with Gasteiger partial charge in [-0.25, -0.2) is 9.48 Å². The van der Waals surface area contributed by atoms with E-state index >= 15 is 0 Å². The van der Waals surface area contributed by atoms with E-state index in [9.17, 15) is 9.59 Å². The summed E-state index contributed by atoms with van der Waals surface area (Å²) in [6.45, 7) is 1.18. The van der Waals surface area contributed by atoms with Crippen molar-refractivity contribution < 1.29 is 43.1 Å². The maximum atomic E-state index is 11.8. The van der Waals surface area contributed by atoms with Crippen LogP contribution in [-0.4, -0.2) is 76.3 Å². The number of ether oxygens (including phenoxy) is 6. The van der Waals surface area contributed by atoms with Gasteiger partial charge in [-0.3, -0.25) is 4.79 Å². The number of aromatic nitrogens is 3. The van der Waals surface area contributed by atoms with Crippen molar-refractivity contribution in [1.82, 2.24) is 15.0 Å². The number of nitrogens with zero attached hydrogens (tertiary/aromatic N) is 3. The summed E-state index contributed by atoms with van der Waals surface area (Å²) in [7, 11) is 1.57. The number of hydrogen-bond donors (Lipinski definition) is 1. The van der Waals surface area contributed by atoms with E-state index in [0.29, 0.717) is 31.2 Å². The number of carbonyl (C=O) groups excluding carboxylic acids is 1. The van der Waals surface area contributed by atoms with Crippen LogP contribution in [0.1, 0.15) is 32.7 Å². The van der Waals surface area contributed by atoms with Crippen LogP contribution in [-0.2, 0) is 59.6 Å². The topological polar surface area (TPSA) is 140 Å². The summed E-state index contributed by atoms with van der Waals surface area (Å²) >= 11 is 0. The molecule has 0 unspecified atom stereocenters. The molecule has 4 aromatic carbocycles. The van der Waals surface area contributed by atoms with Gasteiger partial charge >= 0.3 is 5.97 Å². The highest BCUT2D eigenvalue weighted by molar-refractivity contribution is 6.39. The lowest BCUT2D eigenvalue weighted by Crippen LogP contribution is -2.61. The summed E-state index contributed by atoms with van der Waals surface area (Å²) < 4.78 is 39.7. The average molecular weight is 694 g/mol. The van der Waals surface area contributed by atoms with Crippen molar-refractivity contribution in [1.29, 1.82) is 0 Å². The fourth-order valence-electron chi connectivity index (χ4n) is 5.73. The van der Waals surface area contributed by atoms with E-state index in [1.165, 1.54) is 16.8 Å². The van der Waals surface area contributed by atoms with Gasteiger partial charge in [-0.1, -0.05) is 96.2 Å². The number of carboxylic acids is 1. The number of methoxy groups -OCH3 is 1. The number of ketones is 1. The van der Waals surface area contributed by atoms with Gasteiger partial charge in [0.05, 0.1) is 44.9 Å². The Balaban J connectivity index is 1.19. The molecule has 1 aromatic heterocycles. The predicted molar refractivity (Wildman–Crippen MR) is 184 cm³/mol. The van der Waals surface area contributed by atoms with Gasteiger partial charge in [0.1, 0.15) is 30.1 Å². The minimum absolute atomic E-state index is 0.0690. The van der Waals surface area contributed by atoms with Crippen LogP contribution in [0.4, 0.5) is 0 Å². The lowest BCUT2D eigenvalue weighted by Gasteiger charge is -2.45. The quantitative estimate of drug-likeness (QED) is 0.102. The SMILES string of the molecule is CO[C@H]1O[C@H](COCc2cn(-c3ccc(C(=O)C(=O)O)cc3)nn2)[C@@H](OCc2ccccc2)[C@H](OCc2ccccc2)[C@H]1OCc1ccccc1. The molecule has 5 aromatic rings. The molecular formula is C39H39N3O9. The van der Waals surface area contributed by atoms with Crippen molar-refractivity contribution in [2.24, 2.45) is 0 Å². The van der Waals surface area contributed by atoms with Gasteiger partial charge < -0.3 is 33.5 Å². The Bertz CT molecular complexity index is 1820. The lowest BCUT2D eigenvalue weighted by atomic mass is 9.97. The number of aliphatic carboxylic acids is 1. The Kier molecular flexibility index (Phi) is 12.4. The molecule has 0 amide bonds. The fourth-order valence-corrected chi connectivity index (χ4v) is 5.73. The highest BCUT2D eigenvalue weighted by Gasteiger charge is 2.48. The summed E-state index contributed by atoms with van der Waals surface area (Å²) in [6.07, 6.45) is -1.53. The Morgan fingerprint density at radius 2 is 1.24 bits per heavy atom. The number of Topliss-reactive ketones (excluding diaryl/α,β-unsaturated/α-hetero) is 1. The largest absolute Gasteiger partial charge is 0.475 e. The number of benzene rings is 4. The van der Waals surface area contributed by atoms with Crippen LogP contribution in [0, 0.1) is 0 Å². The van der Waals surface area contributed by atoms with Crippen LogP contribution in [0.5, 0.6) is 0 Å². The zero-order valence-electron chi connectivity index (χ0n) is 28.0. The van der Waals surface area contributed by atoms with Gasteiger partial charge in [-0.2, -0.15) is 0 Å². The van der Waals surface area contributed by atoms with Crippen molar-refractivity contribution in [2.75, 3.05) is 13.7 Å². The first-order valence-electron chi connectivity index (χ1n) is 16.5. The lowest BCUT2D eigenvalue weighted by molar-refractivity contribution is -0.323. The van der Waals surface area contributed by atoms with E-state index in [4.69, 9.17) is 33.5 Å². The summed E-state index contributed by atoms with van der Waals surface area (Å²) in [5.41, 5.74) is 4.21. The van der Waals surface area contributed by atoms with Crippen molar-refractivity contribution in [2.45, 2.75) is 57.1 Å². The second-order valence-electron chi connectivity index (χ2n) is 11.9. The first kappa shape index (κ1) is 35.7. The minimum atomic E-state index is -1.52. The fraction of sp³-hybridized carbons (Fsp3) is 0.282. The molecule has 264 valence electrons. The van der Waals surface area contributed by atoms with Gasteiger partial charge in [0.15, 0.2) is 6.29 Å². The normalized spacial score (nSPS) is 20.2. The molecule has 12 nitrogen and oxygen atoms in total. The van der Waals surface area contributed by atoms with E-state index in [2.05, 4.69) is 10.3 Å². The van der Waals surface area contributed by atoms with Crippen molar-refractivity contribution in [3.05, 3.63) is 149 Å². The second kappa shape index (κ2) is 17.7. The van der Waals surface area contributed by atoms with Crippen LogP contribution in [0.25, 0.3) is 5.69 Å². The van der Waals surface area contributed by atoms with E-state index < -0.39 is 42.5 Å². The third-order valence-corrected chi connectivity index (χ3v) is 8.34. The molecule has 1 aliphatic rings. The first-order chi connectivity index (χ1) is 25.0. The third-order valence-electron chi connectivity index (χ3n) is 8.34. The van der Waals surface area contributed by atoms with Crippen LogP contribution < -0.4 is 0 Å². The van der Waals surface area contributed by atoms with Gasteiger partial charge in [-0.15, -0.1) is 5.10 Å². The van der Waals surface area contributed by atoms with E-state index in [-0.39, 0.29) is 18.8 Å². The standard InChI is InChI=1S/C39H39N3O9/c1-46-39-37(50-24-29-15-9-4-10-16-29)36(49-23-28-13-7-3-8-14-28)35(48-22-27-11-5-2-6-12-27)33(51-39)26-47-25-31-21-42(41-40-31)32-19-17-30(18-20-32)34(43)38(44)45/h2-21,33,35-37,39H,22-26H2,1H3,(H,44,45)/t33-,35-,36+,37-,39+/m1/s1. The van der Waals surface area contributed by atoms with Crippen LogP contribution in [0.2, 0.25) is 0 Å². The molecule has 1 N–H and O–H groups in total. The maximum Gasteiger partial charge on any atom is 0.377 e. The van der Waals surface area contributed by atoms with Gasteiger partial charge in [0.2, 0.25) is 0 Å². The summed E-state index contributed by atoms with van der Waals surface area (Å²) in [5.74, 6) is -2.50. The molecule has 1 aliphatic heterocycles. The zero-order valence-corrected chi connectivity index (χ0v) is 28.0. The van der Waals surface area contributed by atoms with Crippen LogP contribution in [0.15, 0.2) is 121 Å².